The van der Waals surface area contributed by atoms with Crippen molar-refractivity contribution in [1.82, 2.24) is 10.2 Å². The monoisotopic (exact) mass is 212 g/mol. The molecule has 0 aromatic heterocycles. The van der Waals surface area contributed by atoms with Crippen molar-refractivity contribution < 1.29 is 9.53 Å². The molecule has 1 atom stereocenters. The van der Waals surface area contributed by atoms with Crippen LogP contribution < -0.4 is 5.32 Å². The van der Waals surface area contributed by atoms with Gasteiger partial charge in [-0.1, -0.05) is 0 Å². The third-order valence-corrected chi connectivity index (χ3v) is 3.46. The molecular weight excluding hydrogens is 192 g/mol. The topological polar surface area (TPSA) is 41.6 Å². The molecular formula is C11H20N2O2. The van der Waals surface area contributed by atoms with E-state index in [1.54, 1.807) is 0 Å². The van der Waals surface area contributed by atoms with Crippen LogP contribution in [0.4, 0.5) is 0 Å². The molecule has 4 nitrogen and oxygen atoms in total. The van der Waals surface area contributed by atoms with Crippen molar-refractivity contribution in [1.29, 1.82) is 0 Å². The normalized spacial score (nSPS) is 33.1. The van der Waals surface area contributed by atoms with E-state index in [4.69, 9.17) is 4.74 Å². The van der Waals surface area contributed by atoms with E-state index in [0.717, 1.165) is 45.4 Å². The van der Waals surface area contributed by atoms with Gasteiger partial charge in [0.15, 0.2) is 0 Å². The van der Waals surface area contributed by atoms with Crippen LogP contribution in [-0.2, 0) is 9.53 Å². The minimum absolute atomic E-state index is 0.0621. The van der Waals surface area contributed by atoms with Gasteiger partial charge >= 0.3 is 0 Å². The fourth-order valence-electron chi connectivity index (χ4n) is 2.48. The second kappa shape index (κ2) is 4.49. The van der Waals surface area contributed by atoms with Crippen molar-refractivity contribution in [3.8, 4) is 0 Å². The first-order valence-corrected chi connectivity index (χ1v) is 5.88. The SMILES string of the molecule is CCN1CC2(CCCNCC2)OCC1=O. The summed E-state index contributed by atoms with van der Waals surface area (Å²) >= 11 is 0. The van der Waals surface area contributed by atoms with Gasteiger partial charge in [0.05, 0.1) is 5.60 Å². The van der Waals surface area contributed by atoms with E-state index in [2.05, 4.69) is 5.32 Å². The minimum atomic E-state index is -0.0621. The Hall–Kier alpha value is -0.610. The average Bonchev–Trinajstić information content (AvgIpc) is 2.48. The van der Waals surface area contributed by atoms with Crippen molar-refractivity contribution in [3.63, 3.8) is 0 Å². The molecule has 2 aliphatic rings. The van der Waals surface area contributed by atoms with E-state index in [1.807, 2.05) is 11.8 Å². The Morgan fingerprint density at radius 2 is 2.33 bits per heavy atom. The Labute approximate surface area is 91.0 Å². The lowest BCUT2D eigenvalue weighted by atomic mass is 9.92. The highest BCUT2D eigenvalue weighted by atomic mass is 16.5. The Kier molecular flexibility index (Phi) is 3.26. The fraction of sp³-hybridized carbons (Fsp3) is 0.909. The van der Waals surface area contributed by atoms with Crippen LogP contribution in [0.3, 0.4) is 0 Å². The zero-order valence-electron chi connectivity index (χ0n) is 9.42. The Morgan fingerprint density at radius 1 is 1.47 bits per heavy atom. The molecule has 0 aliphatic carbocycles. The summed E-state index contributed by atoms with van der Waals surface area (Å²) in [6.07, 6.45) is 3.24. The molecule has 15 heavy (non-hydrogen) atoms. The number of amides is 1. The summed E-state index contributed by atoms with van der Waals surface area (Å²) in [5.41, 5.74) is -0.0621. The van der Waals surface area contributed by atoms with Gasteiger partial charge in [-0.15, -0.1) is 0 Å². The molecule has 2 saturated heterocycles. The first-order chi connectivity index (χ1) is 7.26. The number of carbonyl (C=O) groups is 1. The number of hydrogen-bond donors (Lipinski definition) is 1. The summed E-state index contributed by atoms with van der Waals surface area (Å²) < 4.78 is 5.80. The molecule has 1 N–H and O–H groups in total. The lowest BCUT2D eigenvalue weighted by Gasteiger charge is -2.41. The number of likely N-dealkylation sites (N-methyl/N-ethyl adjacent to an activating group) is 1. The molecule has 0 aromatic carbocycles. The molecule has 1 spiro atoms. The molecule has 1 unspecified atom stereocenters. The molecule has 1 amide bonds. The lowest BCUT2D eigenvalue weighted by Crippen LogP contribution is -2.54. The van der Waals surface area contributed by atoms with Gasteiger partial charge in [0.2, 0.25) is 5.91 Å². The van der Waals surface area contributed by atoms with Crippen molar-refractivity contribution in [2.45, 2.75) is 31.8 Å². The Balaban J connectivity index is 2.04. The second-order valence-electron chi connectivity index (χ2n) is 4.48. The maximum absolute atomic E-state index is 11.5. The second-order valence-corrected chi connectivity index (χ2v) is 4.48. The zero-order valence-corrected chi connectivity index (χ0v) is 9.42. The summed E-state index contributed by atoms with van der Waals surface area (Å²) in [5.74, 6) is 0.139. The van der Waals surface area contributed by atoms with Gasteiger partial charge < -0.3 is 15.0 Å². The van der Waals surface area contributed by atoms with E-state index in [0.29, 0.717) is 0 Å². The largest absolute Gasteiger partial charge is 0.363 e. The van der Waals surface area contributed by atoms with Crippen LogP contribution in [0.15, 0.2) is 0 Å². The number of carbonyl (C=O) groups excluding carboxylic acids is 1. The van der Waals surface area contributed by atoms with Crippen molar-refractivity contribution in [3.05, 3.63) is 0 Å². The first-order valence-electron chi connectivity index (χ1n) is 5.88. The summed E-state index contributed by atoms with van der Waals surface area (Å²) in [5, 5.41) is 3.38. The number of ether oxygens (including phenoxy) is 1. The van der Waals surface area contributed by atoms with E-state index < -0.39 is 0 Å². The average molecular weight is 212 g/mol. The molecule has 0 bridgehead atoms. The van der Waals surface area contributed by atoms with Crippen molar-refractivity contribution in [2.75, 3.05) is 32.8 Å². The van der Waals surface area contributed by atoms with Gasteiger partial charge in [-0.3, -0.25) is 4.79 Å². The number of nitrogens with zero attached hydrogens (tertiary/aromatic N) is 1. The van der Waals surface area contributed by atoms with Crippen LogP contribution in [0.2, 0.25) is 0 Å². The predicted molar refractivity (Wildman–Crippen MR) is 57.7 cm³/mol. The first kappa shape index (κ1) is 10.9. The van der Waals surface area contributed by atoms with Gasteiger partial charge in [0.1, 0.15) is 6.61 Å². The highest BCUT2D eigenvalue weighted by molar-refractivity contribution is 5.78. The summed E-state index contributed by atoms with van der Waals surface area (Å²) in [7, 11) is 0. The minimum Gasteiger partial charge on any atom is -0.363 e. The van der Waals surface area contributed by atoms with Crippen molar-refractivity contribution in [2.24, 2.45) is 0 Å². The maximum atomic E-state index is 11.5. The van der Waals surface area contributed by atoms with Crippen molar-refractivity contribution >= 4 is 5.91 Å². The highest BCUT2D eigenvalue weighted by Gasteiger charge is 2.39. The van der Waals surface area contributed by atoms with E-state index in [1.165, 1.54) is 0 Å². The number of nitrogens with one attached hydrogen (secondary N) is 1. The molecule has 4 heteroatoms. The molecule has 86 valence electrons. The Morgan fingerprint density at radius 3 is 3.13 bits per heavy atom. The van der Waals surface area contributed by atoms with Crippen LogP contribution in [-0.4, -0.2) is 49.2 Å². The fourth-order valence-corrected chi connectivity index (χ4v) is 2.48. The van der Waals surface area contributed by atoms with Gasteiger partial charge in [-0.05, 0) is 39.3 Å². The number of morpholine rings is 1. The van der Waals surface area contributed by atoms with E-state index >= 15 is 0 Å². The maximum Gasteiger partial charge on any atom is 0.248 e. The lowest BCUT2D eigenvalue weighted by molar-refractivity contribution is -0.165. The molecule has 2 heterocycles. The third-order valence-electron chi connectivity index (χ3n) is 3.46. The molecule has 0 saturated carbocycles. The molecule has 2 rings (SSSR count). The van der Waals surface area contributed by atoms with Crippen LogP contribution in [0.5, 0.6) is 0 Å². The van der Waals surface area contributed by atoms with Gasteiger partial charge in [0.25, 0.3) is 0 Å². The smallest absolute Gasteiger partial charge is 0.248 e. The molecule has 0 aromatic rings. The van der Waals surface area contributed by atoms with Gasteiger partial charge in [-0.2, -0.15) is 0 Å². The van der Waals surface area contributed by atoms with Gasteiger partial charge in [0, 0.05) is 13.1 Å². The standard InChI is InChI=1S/C11H20N2O2/c1-2-13-9-11(15-8-10(13)14)4-3-6-12-7-5-11/h12H,2-9H2,1H3. The zero-order chi connectivity index (χ0) is 10.7. The van der Waals surface area contributed by atoms with E-state index in [9.17, 15) is 4.79 Å². The summed E-state index contributed by atoms with van der Waals surface area (Å²) in [6.45, 7) is 5.97. The quantitative estimate of drug-likeness (QED) is 0.683. The third kappa shape index (κ3) is 2.32. The van der Waals surface area contributed by atoms with Crippen LogP contribution in [0.1, 0.15) is 26.2 Å². The van der Waals surface area contributed by atoms with E-state index in [-0.39, 0.29) is 18.1 Å². The molecule has 0 radical (unpaired) electrons. The van der Waals surface area contributed by atoms with Crippen LogP contribution >= 0.6 is 0 Å². The summed E-state index contributed by atoms with van der Waals surface area (Å²) in [6, 6.07) is 0. The van der Waals surface area contributed by atoms with Gasteiger partial charge in [-0.25, -0.2) is 0 Å². The summed E-state index contributed by atoms with van der Waals surface area (Å²) in [4.78, 5) is 13.4. The van der Waals surface area contributed by atoms with Crippen LogP contribution in [0, 0.1) is 0 Å². The predicted octanol–water partition coefficient (Wildman–Crippen LogP) is 0.377. The number of rotatable bonds is 1. The highest BCUT2D eigenvalue weighted by Crippen LogP contribution is 2.28. The molecule has 2 fully saturated rings. The number of hydrogen-bond acceptors (Lipinski definition) is 3. The van der Waals surface area contributed by atoms with Crippen LogP contribution in [0.25, 0.3) is 0 Å². The Bertz CT molecular complexity index is 235. The molecule has 2 aliphatic heterocycles.